The second-order valence-corrected chi connectivity index (χ2v) is 17.9. The summed E-state index contributed by atoms with van der Waals surface area (Å²) in [6.07, 6.45) is 36.9. The first-order valence-electron chi connectivity index (χ1n) is 21.9. The van der Waals surface area contributed by atoms with Gasteiger partial charge in [-0.15, -0.1) is 0 Å². The van der Waals surface area contributed by atoms with E-state index in [2.05, 4.69) is 19.2 Å². The fourth-order valence-electron chi connectivity index (χ4n) is 6.58. The van der Waals surface area contributed by atoms with E-state index < -0.39 is 20.0 Å². The second-order valence-electron chi connectivity index (χ2n) is 16.4. The number of nitrogens with zero attached hydrogens (tertiary/aromatic N) is 1. The van der Waals surface area contributed by atoms with Crippen LogP contribution in [0.3, 0.4) is 0 Å². The molecule has 0 aliphatic heterocycles. The lowest BCUT2D eigenvalue weighted by Crippen LogP contribution is -2.46. The number of amides is 1. The number of aliphatic hydroxyl groups excluding tert-OH is 1. The van der Waals surface area contributed by atoms with E-state index in [1.165, 1.54) is 148 Å². The van der Waals surface area contributed by atoms with Crippen LogP contribution < -0.4 is 5.32 Å². The van der Waals surface area contributed by atoms with Crippen molar-refractivity contribution >= 4 is 13.7 Å². The Kier molecular flexibility index (Phi) is 34.9. The Balaban J connectivity index is 4.31. The van der Waals surface area contributed by atoms with Gasteiger partial charge in [-0.1, -0.05) is 194 Å². The monoisotopic (exact) mass is 748 g/mol. The Labute approximate surface area is 317 Å². The first-order valence-corrected chi connectivity index (χ1v) is 23.4. The number of aliphatic hydroxyl groups is 1. The van der Waals surface area contributed by atoms with Gasteiger partial charge < -0.3 is 19.8 Å². The van der Waals surface area contributed by atoms with Crippen molar-refractivity contribution in [2.24, 2.45) is 0 Å². The summed E-state index contributed by atoms with van der Waals surface area (Å²) < 4.78 is 23.6. The van der Waals surface area contributed by atoms with Gasteiger partial charge in [-0.05, 0) is 12.8 Å². The van der Waals surface area contributed by atoms with Crippen LogP contribution in [0.4, 0.5) is 0 Å². The summed E-state index contributed by atoms with van der Waals surface area (Å²) in [4.78, 5) is 23.1. The number of unbranched alkanes of at least 4 members (excludes halogenated alkanes) is 27. The molecule has 0 spiro atoms. The standard InChI is InChI=1S/C42H87N2O6P/c1-6-8-10-12-14-16-18-20-21-22-23-24-26-28-30-32-34-36-42(46)43-40(39-50-51(47,48)49-38-37-44(3,4)5)41(45)35-33-31-29-27-25-19-17-15-13-11-9-7-2/h40-41,45H,6-39H2,1-5H3,(H-,43,46,47,48)/p+1. The molecule has 1 amide bonds. The summed E-state index contributed by atoms with van der Waals surface area (Å²) in [7, 11) is 1.63. The number of rotatable bonds is 40. The van der Waals surface area contributed by atoms with Gasteiger partial charge in [0.05, 0.1) is 39.9 Å². The smallest absolute Gasteiger partial charge is 0.391 e. The van der Waals surface area contributed by atoms with Crippen molar-refractivity contribution in [2.75, 3.05) is 40.9 Å². The van der Waals surface area contributed by atoms with E-state index in [0.29, 0.717) is 23.9 Å². The average Bonchev–Trinajstić information content (AvgIpc) is 3.07. The number of hydrogen-bond acceptors (Lipinski definition) is 5. The van der Waals surface area contributed by atoms with E-state index in [1.54, 1.807) is 0 Å². The van der Waals surface area contributed by atoms with E-state index in [9.17, 15) is 19.4 Å². The maximum Gasteiger partial charge on any atom is 0.472 e. The van der Waals surface area contributed by atoms with Crippen LogP contribution >= 0.6 is 7.82 Å². The summed E-state index contributed by atoms with van der Waals surface area (Å²) in [6.45, 7) is 4.90. The number of phosphoric acid groups is 1. The third kappa shape index (κ3) is 37.6. The van der Waals surface area contributed by atoms with E-state index in [-0.39, 0.29) is 19.1 Å². The molecule has 8 nitrogen and oxygen atoms in total. The molecule has 0 aliphatic carbocycles. The number of quaternary nitrogens is 1. The van der Waals surface area contributed by atoms with E-state index in [1.807, 2.05) is 21.1 Å². The van der Waals surface area contributed by atoms with Crippen molar-refractivity contribution in [1.29, 1.82) is 0 Å². The molecule has 306 valence electrons. The molecule has 0 aromatic carbocycles. The molecule has 3 unspecified atom stereocenters. The minimum atomic E-state index is -4.30. The molecule has 3 N–H and O–H groups in total. The first-order chi connectivity index (χ1) is 24.5. The van der Waals surface area contributed by atoms with Crippen LogP contribution in [0.1, 0.15) is 213 Å². The van der Waals surface area contributed by atoms with Gasteiger partial charge in [0, 0.05) is 6.42 Å². The van der Waals surface area contributed by atoms with Gasteiger partial charge in [-0.2, -0.15) is 0 Å². The minimum absolute atomic E-state index is 0.0784. The molecule has 0 aromatic heterocycles. The zero-order valence-corrected chi connectivity index (χ0v) is 35.5. The lowest BCUT2D eigenvalue weighted by atomic mass is 10.0. The summed E-state index contributed by atoms with van der Waals surface area (Å²) in [5.41, 5.74) is 0. The molecule has 0 saturated heterocycles. The maximum absolute atomic E-state index is 12.9. The zero-order chi connectivity index (χ0) is 37.9. The minimum Gasteiger partial charge on any atom is -0.391 e. The topological polar surface area (TPSA) is 105 Å². The Morgan fingerprint density at radius 2 is 0.941 bits per heavy atom. The van der Waals surface area contributed by atoms with Gasteiger partial charge in [0.25, 0.3) is 0 Å². The van der Waals surface area contributed by atoms with Gasteiger partial charge in [0.1, 0.15) is 13.2 Å². The molecular weight excluding hydrogens is 659 g/mol. The van der Waals surface area contributed by atoms with Crippen LogP contribution in [0, 0.1) is 0 Å². The first kappa shape index (κ1) is 50.5. The van der Waals surface area contributed by atoms with Gasteiger partial charge >= 0.3 is 7.82 Å². The van der Waals surface area contributed by atoms with Crippen LogP contribution in [0.15, 0.2) is 0 Å². The summed E-state index contributed by atoms with van der Waals surface area (Å²) in [5.74, 6) is -0.142. The molecule has 0 rings (SSSR count). The van der Waals surface area contributed by atoms with E-state index in [4.69, 9.17) is 9.05 Å². The molecular formula is C42H88N2O6P+. The van der Waals surface area contributed by atoms with Crippen molar-refractivity contribution in [3.8, 4) is 0 Å². The SMILES string of the molecule is CCCCCCCCCCCCCCCCCCCC(=O)NC(COP(=O)(O)OCC[N+](C)(C)C)C(O)CCCCCCCCCCCCCC. The number of likely N-dealkylation sites (N-methyl/N-ethyl adjacent to an activating group) is 1. The Morgan fingerprint density at radius 3 is 1.31 bits per heavy atom. The van der Waals surface area contributed by atoms with Crippen molar-refractivity contribution in [3.63, 3.8) is 0 Å². The van der Waals surface area contributed by atoms with Gasteiger partial charge in [0.2, 0.25) is 5.91 Å². The lowest BCUT2D eigenvalue weighted by Gasteiger charge is -2.26. The average molecular weight is 748 g/mol. The molecule has 0 aromatic rings. The third-order valence-electron chi connectivity index (χ3n) is 10.1. The summed E-state index contributed by atoms with van der Waals surface area (Å²) in [5, 5.41) is 13.9. The van der Waals surface area contributed by atoms with Crippen molar-refractivity contribution in [3.05, 3.63) is 0 Å². The normalized spacial score (nSPS) is 14.4. The highest BCUT2D eigenvalue weighted by Crippen LogP contribution is 2.43. The molecule has 3 atom stereocenters. The number of carbonyl (C=O) groups excluding carboxylic acids is 1. The number of nitrogens with one attached hydrogen (secondary N) is 1. The summed E-state index contributed by atoms with van der Waals surface area (Å²) >= 11 is 0. The highest BCUT2D eigenvalue weighted by molar-refractivity contribution is 7.47. The van der Waals surface area contributed by atoms with Crippen LogP contribution in [0.5, 0.6) is 0 Å². The maximum atomic E-state index is 12.9. The zero-order valence-electron chi connectivity index (χ0n) is 34.6. The van der Waals surface area contributed by atoms with Crippen LogP contribution in [0.2, 0.25) is 0 Å². The molecule has 0 heterocycles. The molecule has 0 saturated carbocycles. The largest absolute Gasteiger partial charge is 0.472 e. The molecule has 0 fully saturated rings. The number of phosphoric ester groups is 1. The molecule has 51 heavy (non-hydrogen) atoms. The highest BCUT2D eigenvalue weighted by Gasteiger charge is 2.28. The second kappa shape index (κ2) is 35.2. The molecule has 0 radical (unpaired) electrons. The quantitative estimate of drug-likeness (QED) is 0.0327. The van der Waals surface area contributed by atoms with Crippen molar-refractivity contribution in [2.45, 2.75) is 225 Å². The Hall–Kier alpha value is -0.500. The predicted molar refractivity (Wildman–Crippen MR) is 217 cm³/mol. The molecule has 0 aliphatic rings. The van der Waals surface area contributed by atoms with E-state index >= 15 is 0 Å². The van der Waals surface area contributed by atoms with E-state index in [0.717, 1.165) is 38.5 Å². The highest BCUT2D eigenvalue weighted by atomic mass is 31.2. The molecule has 0 bridgehead atoms. The number of carbonyl (C=O) groups is 1. The van der Waals surface area contributed by atoms with Gasteiger partial charge in [0.15, 0.2) is 0 Å². The predicted octanol–water partition coefficient (Wildman–Crippen LogP) is 11.8. The van der Waals surface area contributed by atoms with Crippen LogP contribution in [-0.2, 0) is 18.4 Å². The van der Waals surface area contributed by atoms with Gasteiger partial charge in [-0.25, -0.2) is 4.57 Å². The fourth-order valence-corrected chi connectivity index (χ4v) is 7.31. The van der Waals surface area contributed by atoms with Crippen LogP contribution in [0.25, 0.3) is 0 Å². The Bertz CT molecular complexity index is 809. The number of hydrogen-bond donors (Lipinski definition) is 3. The van der Waals surface area contributed by atoms with Crippen molar-refractivity contribution < 1.29 is 32.9 Å². The lowest BCUT2D eigenvalue weighted by molar-refractivity contribution is -0.870. The third-order valence-corrected chi connectivity index (χ3v) is 11.1. The summed E-state index contributed by atoms with van der Waals surface area (Å²) in [6, 6.07) is -0.751. The Morgan fingerprint density at radius 1 is 0.588 bits per heavy atom. The van der Waals surface area contributed by atoms with Crippen molar-refractivity contribution in [1.82, 2.24) is 5.32 Å². The molecule has 9 heteroatoms. The van der Waals surface area contributed by atoms with Gasteiger partial charge in [-0.3, -0.25) is 13.8 Å². The fraction of sp³-hybridized carbons (Fsp3) is 0.976. The van der Waals surface area contributed by atoms with Crippen LogP contribution in [-0.4, -0.2) is 73.4 Å².